The third-order valence-corrected chi connectivity index (χ3v) is 10.8. The fraction of sp³-hybridized carbons (Fsp3) is 0.828. The summed E-state index contributed by atoms with van der Waals surface area (Å²) < 4.78 is 0. The van der Waals surface area contributed by atoms with Gasteiger partial charge in [-0.1, -0.05) is 72.6 Å². The molecule has 30 heavy (non-hydrogen) atoms. The zero-order valence-corrected chi connectivity index (χ0v) is 20.5. The summed E-state index contributed by atoms with van der Waals surface area (Å²) in [5, 5.41) is 0. The molecule has 0 aromatic rings. The van der Waals surface area contributed by atoms with Crippen LogP contribution >= 0.6 is 0 Å². The van der Waals surface area contributed by atoms with Gasteiger partial charge < -0.3 is 0 Å². The summed E-state index contributed by atoms with van der Waals surface area (Å²) >= 11 is 0. The van der Waals surface area contributed by atoms with Crippen molar-refractivity contribution in [3.8, 4) is 0 Å². The molecular formula is C29H46O. The first kappa shape index (κ1) is 22.3. The van der Waals surface area contributed by atoms with E-state index in [1.807, 2.05) is 0 Å². The van der Waals surface area contributed by atoms with Crippen LogP contribution in [0.2, 0.25) is 0 Å². The zero-order chi connectivity index (χ0) is 21.7. The number of carbonyl (C=O) groups is 1. The van der Waals surface area contributed by atoms with Crippen molar-refractivity contribution in [1.29, 1.82) is 0 Å². The summed E-state index contributed by atoms with van der Waals surface area (Å²) in [6, 6.07) is 0. The lowest BCUT2D eigenvalue weighted by Crippen LogP contribution is -2.52. The van der Waals surface area contributed by atoms with E-state index >= 15 is 0 Å². The molecule has 0 saturated heterocycles. The van der Waals surface area contributed by atoms with E-state index in [4.69, 9.17) is 0 Å². The maximum Gasteiger partial charge on any atom is 0.159 e. The maximum atomic E-state index is 13.2. The molecule has 4 aliphatic rings. The molecule has 0 N–H and O–H groups in total. The van der Waals surface area contributed by atoms with Crippen LogP contribution in [0.25, 0.3) is 0 Å². The van der Waals surface area contributed by atoms with E-state index in [1.54, 1.807) is 0 Å². The molecule has 4 rings (SSSR count). The van der Waals surface area contributed by atoms with Crippen molar-refractivity contribution >= 4 is 5.78 Å². The van der Waals surface area contributed by atoms with Crippen LogP contribution in [0, 0.1) is 52.3 Å². The minimum absolute atomic E-state index is 0.103. The van der Waals surface area contributed by atoms with Gasteiger partial charge in [0.2, 0.25) is 0 Å². The molecule has 0 aromatic carbocycles. The SMILES string of the molecule is CC[C@H](CC[C@@H](C)[C@H]1CC[C@H]2[C@@H]3CC(=O)C4=CC=CC[C@]4(C)[C@H]3CC[C@]12C)C(C)C. The van der Waals surface area contributed by atoms with Crippen LogP contribution in [0.15, 0.2) is 23.8 Å². The molecule has 4 aliphatic carbocycles. The predicted molar refractivity (Wildman–Crippen MR) is 127 cm³/mol. The number of hydrogen-bond acceptors (Lipinski definition) is 1. The van der Waals surface area contributed by atoms with Crippen molar-refractivity contribution in [2.75, 3.05) is 0 Å². The lowest BCUT2D eigenvalue weighted by molar-refractivity contribution is -0.128. The predicted octanol–water partition coefficient (Wildman–Crippen LogP) is 8.01. The van der Waals surface area contributed by atoms with E-state index in [1.165, 1.54) is 44.9 Å². The summed E-state index contributed by atoms with van der Waals surface area (Å²) in [5.74, 6) is 5.95. The van der Waals surface area contributed by atoms with E-state index in [9.17, 15) is 4.79 Å². The number of rotatable bonds is 6. The van der Waals surface area contributed by atoms with Gasteiger partial charge in [0.05, 0.1) is 0 Å². The first-order valence-corrected chi connectivity index (χ1v) is 13.1. The van der Waals surface area contributed by atoms with E-state index in [0.29, 0.717) is 23.0 Å². The Labute approximate surface area is 186 Å². The number of ketones is 1. The Bertz CT molecular complexity index is 714. The van der Waals surface area contributed by atoms with Crippen LogP contribution in [-0.4, -0.2) is 5.78 Å². The zero-order valence-electron chi connectivity index (χ0n) is 20.5. The lowest BCUT2D eigenvalue weighted by Gasteiger charge is -2.57. The Morgan fingerprint density at radius 3 is 2.53 bits per heavy atom. The molecule has 3 fully saturated rings. The van der Waals surface area contributed by atoms with Gasteiger partial charge in [0.1, 0.15) is 0 Å². The Morgan fingerprint density at radius 1 is 1.07 bits per heavy atom. The van der Waals surface area contributed by atoms with Gasteiger partial charge in [-0.25, -0.2) is 0 Å². The van der Waals surface area contributed by atoms with Crippen molar-refractivity contribution in [3.05, 3.63) is 23.8 Å². The highest BCUT2D eigenvalue weighted by Gasteiger charge is 2.60. The van der Waals surface area contributed by atoms with Gasteiger partial charge in [-0.2, -0.15) is 0 Å². The first-order chi connectivity index (χ1) is 14.2. The topological polar surface area (TPSA) is 17.1 Å². The van der Waals surface area contributed by atoms with Gasteiger partial charge >= 0.3 is 0 Å². The third-order valence-electron chi connectivity index (χ3n) is 10.8. The molecule has 0 unspecified atom stereocenters. The van der Waals surface area contributed by atoms with Gasteiger partial charge in [-0.3, -0.25) is 4.79 Å². The van der Waals surface area contributed by atoms with E-state index in [2.05, 4.69) is 59.8 Å². The van der Waals surface area contributed by atoms with Crippen LogP contribution < -0.4 is 0 Å². The van der Waals surface area contributed by atoms with Crippen LogP contribution in [-0.2, 0) is 4.79 Å². The summed E-state index contributed by atoms with van der Waals surface area (Å²) in [7, 11) is 0. The largest absolute Gasteiger partial charge is 0.295 e. The van der Waals surface area contributed by atoms with E-state index < -0.39 is 0 Å². The number of carbonyl (C=O) groups excluding carboxylic acids is 1. The second-order valence-corrected chi connectivity index (χ2v) is 12.3. The van der Waals surface area contributed by atoms with Gasteiger partial charge in [-0.15, -0.1) is 0 Å². The molecule has 0 bridgehead atoms. The van der Waals surface area contributed by atoms with Crippen LogP contribution in [0.5, 0.6) is 0 Å². The minimum Gasteiger partial charge on any atom is -0.295 e. The Kier molecular flexibility index (Phi) is 6.15. The van der Waals surface area contributed by atoms with Crippen LogP contribution in [0.3, 0.4) is 0 Å². The van der Waals surface area contributed by atoms with Crippen LogP contribution in [0.4, 0.5) is 0 Å². The minimum atomic E-state index is 0.103. The van der Waals surface area contributed by atoms with Crippen molar-refractivity contribution in [3.63, 3.8) is 0 Å². The number of Topliss-reactive ketones (excluding diaryl/α,β-unsaturated/α-hetero) is 1. The van der Waals surface area contributed by atoms with Gasteiger partial charge in [-0.05, 0) is 85.4 Å². The van der Waals surface area contributed by atoms with E-state index in [-0.39, 0.29) is 5.41 Å². The van der Waals surface area contributed by atoms with Crippen molar-refractivity contribution in [2.45, 2.75) is 99.3 Å². The molecule has 0 heterocycles. The molecule has 0 amide bonds. The maximum absolute atomic E-state index is 13.2. The van der Waals surface area contributed by atoms with Crippen LogP contribution in [0.1, 0.15) is 99.3 Å². The van der Waals surface area contributed by atoms with Gasteiger partial charge in [0.15, 0.2) is 5.78 Å². The normalized spacial score (nSPS) is 42.4. The highest BCUT2D eigenvalue weighted by atomic mass is 16.1. The molecule has 1 heteroatoms. The second kappa shape index (κ2) is 8.25. The number of allylic oxidation sites excluding steroid dienone is 4. The summed E-state index contributed by atoms with van der Waals surface area (Å²) in [6.07, 6.45) is 18.1. The summed E-state index contributed by atoms with van der Waals surface area (Å²) in [5.41, 5.74) is 1.71. The average molecular weight is 411 g/mol. The Morgan fingerprint density at radius 2 is 1.83 bits per heavy atom. The molecule has 0 spiro atoms. The first-order valence-electron chi connectivity index (χ1n) is 13.1. The van der Waals surface area contributed by atoms with Gasteiger partial charge in [0.25, 0.3) is 0 Å². The fourth-order valence-corrected chi connectivity index (χ4v) is 8.89. The number of fused-ring (bicyclic) bond motifs is 5. The second-order valence-electron chi connectivity index (χ2n) is 12.3. The lowest BCUT2D eigenvalue weighted by atomic mass is 9.46. The monoisotopic (exact) mass is 410 g/mol. The highest BCUT2D eigenvalue weighted by Crippen LogP contribution is 2.67. The number of hydrogen-bond donors (Lipinski definition) is 0. The molecule has 0 aromatic heterocycles. The van der Waals surface area contributed by atoms with Crippen molar-refractivity contribution < 1.29 is 4.79 Å². The molecule has 3 saturated carbocycles. The van der Waals surface area contributed by atoms with E-state index in [0.717, 1.165) is 48.0 Å². The standard InChI is InChI=1S/C29H46O/c1-7-21(19(2)3)12-11-20(4)23-13-14-24-22-18-27(30)26-10-8-9-16-28(26,5)25(22)15-17-29(23,24)6/h8-10,19-25H,7,11-18H2,1-6H3/t20-,21-,22+,23-,24+,25+,28-,29-/m1/s1. The highest BCUT2D eigenvalue weighted by molar-refractivity contribution is 5.98. The van der Waals surface area contributed by atoms with Gasteiger partial charge in [0, 0.05) is 17.4 Å². The summed E-state index contributed by atoms with van der Waals surface area (Å²) in [4.78, 5) is 13.2. The molecule has 0 radical (unpaired) electrons. The van der Waals surface area contributed by atoms with Crippen molar-refractivity contribution in [1.82, 2.24) is 0 Å². The molecular weight excluding hydrogens is 364 g/mol. The fourth-order valence-electron chi connectivity index (χ4n) is 8.89. The Balaban J connectivity index is 1.50. The molecule has 1 nitrogen and oxygen atoms in total. The Hall–Kier alpha value is -0.850. The van der Waals surface area contributed by atoms with Crippen molar-refractivity contribution in [2.24, 2.45) is 52.3 Å². The molecule has 0 aliphatic heterocycles. The molecule has 168 valence electrons. The average Bonchev–Trinajstić information content (AvgIpc) is 3.05. The third kappa shape index (κ3) is 3.47. The molecule has 8 atom stereocenters. The summed E-state index contributed by atoms with van der Waals surface area (Å²) in [6.45, 7) is 14.8. The smallest absolute Gasteiger partial charge is 0.159 e. The quantitative estimate of drug-likeness (QED) is 0.433.